The lowest BCUT2D eigenvalue weighted by Crippen LogP contribution is -2.41. The number of benzene rings is 1. The maximum atomic E-state index is 6.06. The van der Waals surface area contributed by atoms with Crippen molar-refractivity contribution in [3.63, 3.8) is 0 Å². The van der Waals surface area contributed by atoms with Gasteiger partial charge in [0.25, 0.3) is 0 Å². The molecule has 0 aromatic heterocycles. The molecule has 2 N–H and O–H groups in total. The molecule has 0 amide bonds. The van der Waals surface area contributed by atoms with Crippen LogP contribution in [-0.4, -0.2) is 24.5 Å². The molecule has 0 radical (unpaired) electrons. The average Bonchev–Trinajstić information content (AvgIpc) is 2.44. The predicted octanol–water partition coefficient (Wildman–Crippen LogP) is 3.88. The molecule has 0 spiro atoms. The minimum absolute atomic E-state index is 0.376. The fraction of sp³-hybridized carbons (Fsp3) is 0.625. The van der Waals surface area contributed by atoms with Gasteiger partial charge in [-0.1, -0.05) is 41.4 Å². The van der Waals surface area contributed by atoms with E-state index in [9.17, 15) is 0 Å². The summed E-state index contributed by atoms with van der Waals surface area (Å²) in [7, 11) is 0. The number of halogens is 1. The van der Waals surface area contributed by atoms with Crippen LogP contribution in [0.15, 0.2) is 22.7 Å². The molecule has 2 rings (SSSR count). The summed E-state index contributed by atoms with van der Waals surface area (Å²) in [6, 6.07) is 7.01. The van der Waals surface area contributed by atoms with Gasteiger partial charge < -0.3 is 5.73 Å². The van der Waals surface area contributed by atoms with Crippen LogP contribution in [-0.2, 0) is 0 Å². The number of rotatable bonds is 4. The van der Waals surface area contributed by atoms with Crippen LogP contribution in [0.25, 0.3) is 0 Å². The van der Waals surface area contributed by atoms with E-state index in [4.69, 9.17) is 5.73 Å². The second kappa shape index (κ2) is 6.87. The molecule has 1 fully saturated rings. The van der Waals surface area contributed by atoms with Gasteiger partial charge in [0, 0.05) is 23.6 Å². The normalized spacial score (nSPS) is 22.4. The second-order valence-electron chi connectivity index (χ2n) is 5.67. The van der Waals surface area contributed by atoms with Crippen molar-refractivity contribution in [1.29, 1.82) is 0 Å². The minimum Gasteiger partial charge on any atom is -0.329 e. The lowest BCUT2D eigenvalue weighted by molar-refractivity contribution is 0.124. The van der Waals surface area contributed by atoms with E-state index in [-0.39, 0.29) is 0 Å². The highest BCUT2D eigenvalue weighted by molar-refractivity contribution is 9.10. The van der Waals surface area contributed by atoms with Gasteiger partial charge in [0.2, 0.25) is 0 Å². The summed E-state index contributed by atoms with van der Waals surface area (Å²) in [5, 5.41) is 0. The first-order valence-corrected chi connectivity index (χ1v) is 8.15. The summed E-state index contributed by atoms with van der Waals surface area (Å²) in [6.07, 6.45) is 3.97. The highest BCUT2D eigenvalue weighted by atomic mass is 79.9. The van der Waals surface area contributed by atoms with Crippen LogP contribution in [0.1, 0.15) is 43.4 Å². The predicted molar refractivity (Wildman–Crippen MR) is 85.3 cm³/mol. The number of nitrogens with zero attached hydrogens (tertiary/aromatic N) is 1. The topological polar surface area (TPSA) is 29.3 Å². The van der Waals surface area contributed by atoms with Crippen LogP contribution >= 0.6 is 15.9 Å². The Bertz CT molecular complexity index is 419. The van der Waals surface area contributed by atoms with Gasteiger partial charge in [-0.25, -0.2) is 0 Å². The maximum Gasteiger partial charge on any atom is 0.0470 e. The molecule has 1 aromatic carbocycles. The van der Waals surface area contributed by atoms with Crippen molar-refractivity contribution in [3.8, 4) is 0 Å². The quantitative estimate of drug-likeness (QED) is 0.910. The van der Waals surface area contributed by atoms with Gasteiger partial charge in [-0.15, -0.1) is 0 Å². The number of nitrogens with two attached hydrogens (primary N) is 1. The number of aryl methyl sites for hydroxylation is 1. The first-order chi connectivity index (χ1) is 9.15. The summed E-state index contributed by atoms with van der Waals surface area (Å²) in [4.78, 5) is 2.58. The summed E-state index contributed by atoms with van der Waals surface area (Å²) >= 11 is 3.57. The number of hydrogen-bond acceptors (Lipinski definition) is 2. The van der Waals surface area contributed by atoms with Crippen LogP contribution < -0.4 is 5.73 Å². The molecule has 19 heavy (non-hydrogen) atoms. The van der Waals surface area contributed by atoms with Gasteiger partial charge in [0.15, 0.2) is 0 Å². The molecule has 2 atom stereocenters. The van der Waals surface area contributed by atoms with Gasteiger partial charge in [-0.3, -0.25) is 4.90 Å². The Morgan fingerprint density at radius 3 is 2.89 bits per heavy atom. The van der Waals surface area contributed by atoms with Crippen LogP contribution in [0.4, 0.5) is 0 Å². The molecule has 0 aliphatic carbocycles. The van der Waals surface area contributed by atoms with Gasteiger partial charge in [0.1, 0.15) is 0 Å². The molecule has 1 aliphatic heterocycles. The molecular formula is C16H25BrN2. The summed E-state index contributed by atoms with van der Waals surface area (Å²) in [5.74, 6) is 0.847. The zero-order valence-corrected chi connectivity index (χ0v) is 13.6. The van der Waals surface area contributed by atoms with E-state index in [0.717, 1.165) is 5.92 Å². The zero-order valence-electron chi connectivity index (χ0n) is 12.0. The molecule has 0 saturated carbocycles. The van der Waals surface area contributed by atoms with Crippen molar-refractivity contribution in [3.05, 3.63) is 33.8 Å². The van der Waals surface area contributed by atoms with Crippen molar-refractivity contribution in [2.45, 2.75) is 39.2 Å². The SMILES string of the molecule is CCC1CCCN(C(CN)c2ccc(Br)c(C)c2)C1. The van der Waals surface area contributed by atoms with E-state index < -0.39 is 0 Å². The Morgan fingerprint density at radius 1 is 1.47 bits per heavy atom. The lowest BCUT2D eigenvalue weighted by Gasteiger charge is -2.38. The molecule has 0 bridgehead atoms. The highest BCUT2D eigenvalue weighted by Crippen LogP contribution is 2.29. The largest absolute Gasteiger partial charge is 0.329 e. The summed E-state index contributed by atoms with van der Waals surface area (Å²) in [6.45, 7) is 7.54. The van der Waals surface area contributed by atoms with Crippen molar-refractivity contribution in [2.24, 2.45) is 11.7 Å². The molecular weight excluding hydrogens is 300 g/mol. The van der Waals surface area contributed by atoms with Gasteiger partial charge >= 0.3 is 0 Å². The number of hydrogen-bond donors (Lipinski definition) is 1. The molecule has 3 heteroatoms. The zero-order chi connectivity index (χ0) is 13.8. The molecule has 2 nitrogen and oxygen atoms in total. The third kappa shape index (κ3) is 3.59. The summed E-state index contributed by atoms with van der Waals surface area (Å²) in [5.41, 5.74) is 8.71. The van der Waals surface area contributed by atoms with Crippen LogP contribution in [0.3, 0.4) is 0 Å². The Kier molecular flexibility index (Phi) is 5.43. The fourth-order valence-electron chi connectivity index (χ4n) is 3.08. The smallest absolute Gasteiger partial charge is 0.0470 e. The molecule has 106 valence electrons. The average molecular weight is 325 g/mol. The van der Waals surface area contributed by atoms with E-state index >= 15 is 0 Å². The minimum atomic E-state index is 0.376. The van der Waals surface area contributed by atoms with E-state index in [1.54, 1.807) is 0 Å². The van der Waals surface area contributed by atoms with Gasteiger partial charge in [-0.05, 0) is 49.4 Å². The van der Waals surface area contributed by atoms with Gasteiger partial charge in [-0.2, -0.15) is 0 Å². The Morgan fingerprint density at radius 2 is 2.26 bits per heavy atom. The number of piperidine rings is 1. The van der Waals surface area contributed by atoms with E-state index in [1.807, 2.05) is 0 Å². The summed E-state index contributed by atoms with van der Waals surface area (Å²) < 4.78 is 1.18. The molecule has 1 saturated heterocycles. The monoisotopic (exact) mass is 324 g/mol. The Balaban J connectivity index is 2.16. The first-order valence-electron chi connectivity index (χ1n) is 7.35. The van der Waals surface area contributed by atoms with E-state index in [1.165, 1.54) is 48.0 Å². The second-order valence-corrected chi connectivity index (χ2v) is 6.53. The maximum absolute atomic E-state index is 6.06. The molecule has 1 aliphatic rings. The van der Waals surface area contributed by atoms with Crippen molar-refractivity contribution >= 4 is 15.9 Å². The third-order valence-corrected chi connectivity index (χ3v) is 5.25. The van der Waals surface area contributed by atoms with Crippen LogP contribution in [0.5, 0.6) is 0 Å². The van der Waals surface area contributed by atoms with E-state index in [2.05, 4.69) is 52.9 Å². The Hall–Kier alpha value is -0.380. The van der Waals surface area contributed by atoms with E-state index in [0.29, 0.717) is 12.6 Å². The van der Waals surface area contributed by atoms with Crippen molar-refractivity contribution in [1.82, 2.24) is 4.90 Å². The molecule has 2 unspecified atom stereocenters. The highest BCUT2D eigenvalue weighted by Gasteiger charge is 2.25. The standard InChI is InChI=1S/C16H25BrN2/c1-3-13-5-4-8-19(11-13)16(10-18)14-6-7-15(17)12(2)9-14/h6-7,9,13,16H,3-5,8,10-11,18H2,1-2H3. The van der Waals surface area contributed by atoms with Crippen molar-refractivity contribution < 1.29 is 0 Å². The first kappa shape index (κ1) is 15.0. The van der Waals surface area contributed by atoms with Gasteiger partial charge in [0.05, 0.1) is 0 Å². The number of likely N-dealkylation sites (tertiary alicyclic amines) is 1. The Labute approximate surface area is 125 Å². The van der Waals surface area contributed by atoms with Crippen LogP contribution in [0.2, 0.25) is 0 Å². The van der Waals surface area contributed by atoms with Crippen LogP contribution in [0, 0.1) is 12.8 Å². The molecule has 1 heterocycles. The van der Waals surface area contributed by atoms with Crippen molar-refractivity contribution in [2.75, 3.05) is 19.6 Å². The third-order valence-electron chi connectivity index (χ3n) is 4.36. The molecule has 1 aromatic rings. The lowest BCUT2D eigenvalue weighted by atomic mass is 9.92. The fourth-order valence-corrected chi connectivity index (χ4v) is 3.33.